The molecule has 7 nitrogen and oxygen atoms in total. The van der Waals surface area contributed by atoms with Crippen LogP contribution in [0.1, 0.15) is 38.7 Å². The van der Waals surface area contributed by atoms with Crippen LogP contribution in [0.5, 0.6) is 5.75 Å². The number of nitrogens with zero attached hydrogens (tertiary/aromatic N) is 2. The molecule has 2 unspecified atom stereocenters. The van der Waals surface area contributed by atoms with Crippen molar-refractivity contribution in [1.29, 1.82) is 0 Å². The molecule has 1 heterocycles. The van der Waals surface area contributed by atoms with E-state index in [-0.39, 0.29) is 41.9 Å². The number of nitrogens with two attached hydrogens (primary N) is 1. The molecule has 2 rings (SSSR count). The molecule has 0 spiro atoms. The summed E-state index contributed by atoms with van der Waals surface area (Å²) in [5.74, 6) is 1.52. The highest BCUT2D eigenvalue weighted by molar-refractivity contribution is 14.0. The quantitative estimate of drug-likeness (QED) is 0.187. The lowest BCUT2D eigenvalue weighted by Gasteiger charge is -2.31. The summed E-state index contributed by atoms with van der Waals surface area (Å²) in [6, 6.07) is 8.06. The molecule has 170 valence electrons. The Labute approximate surface area is 198 Å². The lowest BCUT2D eigenvalue weighted by atomic mass is 9.97. The van der Waals surface area contributed by atoms with Gasteiger partial charge in [0.15, 0.2) is 5.96 Å². The molecule has 1 saturated heterocycles. The number of carbonyl (C=O) groups is 1. The third kappa shape index (κ3) is 9.97. The van der Waals surface area contributed by atoms with Crippen molar-refractivity contribution in [2.24, 2.45) is 16.6 Å². The third-order valence-corrected chi connectivity index (χ3v) is 5.03. The molecule has 30 heavy (non-hydrogen) atoms. The molecule has 1 aromatic carbocycles. The predicted octanol–water partition coefficient (Wildman–Crippen LogP) is 2.52. The predicted molar refractivity (Wildman–Crippen MR) is 134 cm³/mol. The van der Waals surface area contributed by atoms with Crippen LogP contribution in [-0.2, 0) is 4.79 Å². The summed E-state index contributed by atoms with van der Waals surface area (Å²) in [6.45, 7) is 11.2. The minimum absolute atomic E-state index is 0. The van der Waals surface area contributed by atoms with Gasteiger partial charge in [-0.05, 0) is 70.8 Å². The largest absolute Gasteiger partial charge is 0.489 e. The second kappa shape index (κ2) is 14.5. The Hall–Kier alpha value is -1.55. The summed E-state index contributed by atoms with van der Waals surface area (Å²) >= 11 is 0. The Morgan fingerprint density at radius 3 is 2.90 bits per heavy atom. The number of aliphatic imine (C=N–C) groups is 1. The fourth-order valence-corrected chi connectivity index (χ4v) is 3.52. The minimum Gasteiger partial charge on any atom is -0.489 e. The van der Waals surface area contributed by atoms with E-state index >= 15 is 0 Å². The SMILES string of the molecule is CCNC(=NCC(C)Oc1cccc(C)c1)NCCCN1CCCC(C(N)=O)C1.I. The van der Waals surface area contributed by atoms with Gasteiger partial charge in [0.2, 0.25) is 5.91 Å². The zero-order valence-corrected chi connectivity index (χ0v) is 20.9. The summed E-state index contributed by atoms with van der Waals surface area (Å²) in [7, 11) is 0. The lowest BCUT2D eigenvalue weighted by Crippen LogP contribution is -2.43. The van der Waals surface area contributed by atoms with Crippen molar-refractivity contribution in [2.45, 2.75) is 46.1 Å². The number of aryl methyl sites for hydroxylation is 1. The highest BCUT2D eigenvalue weighted by Crippen LogP contribution is 2.16. The standard InChI is InChI=1S/C22H37N5O2.HI/c1-4-24-22(26-15-18(3)29-20-10-5-8-17(2)14-20)25-11-7-13-27-12-6-9-19(16-27)21(23)28;/h5,8,10,14,18-19H,4,6-7,9,11-13,15-16H2,1-3H3,(H2,23,28)(H2,24,25,26);1H. The molecule has 8 heteroatoms. The van der Waals surface area contributed by atoms with Gasteiger partial charge in [-0.15, -0.1) is 24.0 Å². The zero-order chi connectivity index (χ0) is 21.1. The number of benzene rings is 1. The van der Waals surface area contributed by atoms with Gasteiger partial charge in [-0.1, -0.05) is 12.1 Å². The van der Waals surface area contributed by atoms with Crippen molar-refractivity contribution >= 4 is 35.8 Å². The Morgan fingerprint density at radius 2 is 2.20 bits per heavy atom. The van der Waals surface area contributed by atoms with E-state index in [1.54, 1.807) is 0 Å². The number of piperidine rings is 1. The van der Waals surface area contributed by atoms with Crippen LogP contribution < -0.4 is 21.1 Å². The number of likely N-dealkylation sites (tertiary alicyclic amines) is 1. The van der Waals surface area contributed by atoms with Crippen LogP contribution in [-0.4, -0.2) is 62.1 Å². The monoisotopic (exact) mass is 531 g/mol. The summed E-state index contributed by atoms with van der Waals surface area (Å²) in [5, 5.41) is 6.67. The smallest absolute Gasteiger partial charge is 0.221 e. The molecule has 0 bridgehead atoms. The molecule has 4 N–H and O–H groups in total. The van der Waals surface area contributed by atoms with E-state index < -0.39 is 0 Å². The molecule has 0 saturated carbocycles. The maximum Gasteiger partial charge on any atom is 0.221 e. The van der Waals surface area contributed by atoms with Crippen LogP contribution in [0.15, 0.2) is 29.3 Å². The van der Waals surface area contributed by atoms with E-state index in [1.165, 1.54) is 5.56 Å². The van der Waals surface area contributed by atoms with Crippen LogP contribution >= 0.6 is 24.0 Å². The number of hydrogen-bond donors (Lipinski definition) is 3. The van der Waals surface area contributed by atoms with Crippen LogP contribution in [0.25, 0.3) is 0 Å². The highest BCUT2D eigenvalue weighted by Gasteiger charge is 2.23. The molecule has 1 fully saturated rings. The first-order valence-electron chi connectivity index (χ1n) is 10.7. The first-order valence-corrected chi connectivity index (χ1v) is 10.7. The topological polar surface area (TPSA) is 92.0 Å². The molecular weight excluding hydrogens is 493 g/mol. The van der Waals surface area contributed by atoms with Gasteiger partial charge >= 0.3 is 0 Å². The van der Waals surface area contributed by atoms with Crippen molar-refractivity contribution in [1.82, 2.24) is 15.5 Å². The van der Waals surface area contributed by atoms with E-state index in [0.717, 1.165) is 63.7 Å². The van der Waals surface area contributed by atoms with Crippen molar-refractivity contribution in [3.63, 3.8) is 0 Å². The summed E-state index contributed by atoms with van der Waals surface area (Å²) < 4.78 is 5.95. The fraction of sp³-hybridized carbons (Fsp3) is 0.636. The van der Waals surface area contributed by atoms with Crippen molar-refractivity contribution in [3.05, 3.63) is 29.8 Å². The molecule has 1 aliphatic rings. The maximum atomic E-state index is 11.4. The van der Waals surface area contributed by atoms with Gasteiger partial charge in [0.25, 0.3) is 0 Å². The third-order valence-electron chi connectivity index (χ3n) is 5.03. The molecule has 2 atom stereocenters. The number of rotatable bonds is 10. The Bertz CT molecular complexity index is 671. The summed E-state index contributed by atoms with van der Waals surface area (Å²) in [5.41, 5.74) is 6.64. The van der Waals surface area contributed by atoms with Crippen molar-refractivity contribution in [3.8, 4) is 5.75 Å². The van der Waals surface area contributed by atoms with Crippen LogP contribution in [0.2, 0.25) is 0 Å². The number of primary amides is 1. The Kier molecular flexibility index (Phi) is 12.8. The maximum absolute atomic E-state index is 11.4. The average Bonchev–Trinajstić information content (AvgIpc) is 2.69. The second-order valence-corrected chi connectivity index (χ2v) is 7.79. The summed E-state index contributed by atoms with van der Waals surface area (Å²) in [4.78, 5) is 18.4. The van der Waals surface area contributed by atoms with Crippen LogP contribution in [0, 0.1) is 12.8 Å². The summed E-state index contributed by atoms with van der Waals surface area (Å²) in [6.07, 6.45) is 2.95. The first-order chi connectivity index (χ1) is 14.0. The van der Waals surface area contributed by atoms with E-state index in [0.29, 0.717) is 6.54 Å². The number of ether oxygens (including phenoxy) is 1. The highest BCUT2D eigenvalue weighted by atomic mass is 127. The van der Waals surface area contributed by atoms with E-state index in [4.69, 9.17) is 10.5 Å². The van der Waals surface area contributed by atoms with E-state index in [9.17, 15) is 4.79 Å². The fourth-order valence-electron chi connectivity index (χ4n) is 3.52. The number of carbonyl (C=O) groups excluding carboxylic acids is 1. The molecule has 0 aromatic heterocycles. The van der Waals surface area contributed by atoms with Gasteiger partial charge in [0.1, 0.15) is 11.9 Å². The van der Waals surface area contributed by atoms with Gasteiger partial charge in [0.05, 0.1) is 12.5 Å². The van der Waals surface area contributed by atoms with Gasteiger partial charge in [-0.2, -0.15) is 0 Å². The minimum atomic E-state index is -0.170. The number of guanidine groups is 1. The van der Waals surface area contributed by atoms with Gasteiger partial charge in [-0.3, -0.25) is 4.79 Å². The van der Waals surface area contributed by atoms with E-state index in [1.807, 2.05) is 25.1 Å². The van der Waals surface area contributed by atoms with Crippen LogP contribution in [0.4, 0.5) is 0 Å². The van der Waals surface area contributed by atoms with Gasteiger partial charge in [0, 0.05) is 19.6 Å². The van der Waals surface area contributed by atoms with Crippen molar-refractivity contribution in [2.75, 3.05) is 39.3 Å². The lowest BCUT2D eigenvalue weighted by molar-refractivity contribution is -0.123. The van der Waals surface area contributed by atoms with Gasteiger partial charge in [-0.25, -0.2) is 4.99 Å². The molecule has 1 amide bonds. The molecule has 0 aliphatic carbocycles. The normalized spacial score (nSPS) is 18.2. The zero-order valence-electron chi connectivity index (χ0n) is 18.5. The average molecular weight is 531 g/mol. The number of halogens is 1. The molecule has 1 aliphatic heterocycles. The van der Waals surface area contributed by atoms with Crippen molar-refractivity contribution < 1.29 is 9.53 Å². The number of hydrogen-bond acceptors (Lipinski definition) is 4. The Morgan fingerprint density at radius 1 is 1.40 bits per heavy atom. The molecular formula is C22H38IN5O2. The number of amides is 1. The van der Waals surface area contributed by atoms with Gasteiger partial charge < -0.3 is 26.0 Å². The van der Waals surface area contributed by atoms with Crippen LogP contribution in [0.3, 0.4) is 0 Å². The second-order valence-electron chi connectivity index (χ2n) is 7.79. The first kappa shape index (κ1) is 26.5. The molecule has 0 radical (unpaired) electrons. The number of nitrogens with one attached hydrogen (secondary N) is 2. The Balaban J connectivity index is 0.00000450. The van der Waals surface area contributed by atoms with E-state index in [2.05, 4.69) is 40.4 Å². The molecule has 1 aromatic rings.